The second-order valence-corrected chi connectivity index (χ2v) is 8.65. The van der Waals surface area contributed by atoms with E-state index in [1.165, 1.54) is 6.20 Å². The van der Waals surface area contributed by atoms with Crippen LogP contribution in [0.25, 0.3) is 10.9 Å². The van der Waals surface area contributed by atoms with Gasteiger partial charge in [0, 0.05) is 48.0 Å². The second-order valence-electron chi connectivity index (χ2n) is 8.65. The Morgan fingerprint density at radius 3 is 2.40 bits per heavy atom. The average Bonchev–Trinajstić information content (AvgIpc) is 3.56. The van der Waals surface area contributed by atoms with Crippen LogP contribution in [0.2, 0.25) is 0 Å². The van der Waals surface area contributed by atoms with Crippen molar-refractivity contribution in [2.24, 2.45) is 0 Å². The number of rotatable bonds is 10. The minimum absolute atomic E-state index is 0.203. The number of imidazole rings is 1. The summed E-state index contributed by atoms with van der Waals surface area (Å²) >= 11 is 0. The highest BCUT2D eigenvalue weighted by molar-refractivity contribution is 5.90. The number of hydrogen-bond acceptors (Lipinski definition) is 6. The van der Waals surface area contributed by atoms with Gasteiger partial charge in [0.05, 0.1) is 18.6 Å². The standard InChI is InChI=1S/C26H22F6N4O4/c27-25(28,29)16-4-2-15(3-5-16)19(13-22(37)40-23(38)26(30,31)32)20-14-36-21-12-17(6-7-18(20)21)39-11-1-8-33-24-34-9-10-35-24/h2-7,9-10,12,14,19,36H,1,8,11,13H2,(H2,33,34,35). The van der Waals surface area contributed by atoms with Crippen molar-refractivity contribution in [3.63, 3.8) is 0 Å². The molecule has 0 saturated heterocycles. The summed E-state index contributed by atoms with van der Waals surface area (Å²) in [6.07, 6.45) is -5.28. The molecular formula is C26H22F6N4O4. The number of hydrogen-bond donors (Lipinski definition) is 3. The normalized spacial score (nSPS) is 12.8. The first kappa shape index (κ1) is 28.5. The fourth-order valence-electron chi connectivity index (χ4n) is 4.02. The first-order valence-electron chi connectivity index (χ1n) is 11.9. The number of aromatic nitrogens is 3. The molecule has 0 aliphatic carbocycles. The maximum atomic E-state index is 13.1. The molecule has 1 atom stereocenters. The van der Waals surface area contributed by atoms with E-state index in [0.717, 1.165) is 24.3 Å². The van der Waals surface area contributed by atoms with Crippen LogP contribution in [0, 0.1) is 0 Å². The van der Waals surface area contributed by atoms with Crippen LogP contribution in [0.3, 0.4) is 0 Å². The number of H-pyrrole nitrogens is 2. The lowest BCUT2D eigenvalue weighted by molar-refractivity contribution is -0.201. The van der Waals surface area contributed by atoms with Gasteiger partial charge >= 0.3 is 24.3 Å². The van der Waals surface area contributed by atoms with E-state index < -0.39 is 42.2 Å². The molecule has 0 saturated carbocycles. The lowest BCUT2D eigenvalue weighted by Gasteiger charge is -2.18. The van der Waals surface area contributed by atoms with Gasteiger partial charge in [0.15, 0.2) is 5.95 Å². The summed E-state index contributed by atoms with van der Waals surface area (Å²) in [5, 5.41) is 3.63. The third kappa shape index (κ3) is 7.12. The highest BCUT2D eigenvalue weighted by Crippen LogP contribution is 2.37. The Balaban J connectivity index is 1.52. The highest BCUT2D eigenvalue weighted by Gasteiger charge is 2.42. The van der Waals surface area contributed by atoms with Gasteiger partial charge in [-0.1, -0.05) is 12.1 Å². The molecule has 3 N–H and O–H groups in total. The summed E-state index contributed by atoms with van der Waals surface area (Å²) < 4.78 is 86.6. The molecule has 0 radical (unpaired) electrons. The Labute approximate surface area is 222 Å². The zero-order valence-electron chi connectivity index (χ0n) is 20.5. The number of nitrogens with zero attached hydrogens (tertiary/aromatic N) is 1. The summed E-state index contributed by atoms with van der Waals surface area (Å²) in [5.41, 5.74) is 0.220. The SMILES string of the molecule is O=C(CC(c1ccc(C(F)(F)F)cc1)c1c[nH]c2cc(OCCCNc3ncc[nH]3)ccc12)OC(=O)C(F)(F)F. The maximum Gasteiger partial charge on any atom is 0.491 e. The van der Waals surface area contributed by atoms with Crippen molar-refractivity contribution in [3.8, 4) is 5.75 Å². The van der Waals surface area contributed by atoms with Gasteiger partial charge in [0.2, 0.25) is 0 Å². The zero-order chi connectivity index (χ0) is 28.9. The Morgan fingerprint density at radius 2 is 1.75 bits per heavy atom. The van der Waals surface area contributed by atoms with Crippen LogP contribution in [0.15, 0.2) is 61.1 Å². The van der Waals surface area contributed by atoms with Crippen molar-refractivity contribution in [2.45, 2.75) is 31.1 Å². The molecule has 2 aromatic carbocycles. The van der Waals surface area contributed by atoms with Crippen molar-refractivity contribution < 1.29 is 45.4 Å². The van der Waals surface area contributed by atoms with Crippen LogP contribution in [-0.2, 0) is 20.5 Å². The molecule has 2 heterocycles. The third-order valence-corrected chi connectivity index (χ3v) is 5.89. The molecule has 40 heavy (non-hydrogen) atoms. The van der Waals surface area contributed by atoms with Crippen LogP contribution in [0.5, 0.6) is 5.75 Å². The van der Waals surface area contributed by atoms with Gasteiger partial charge in [-0.25, -0.2) is 9.78 Å². The van der Waals surface area contributed by atoms with E-state index in [4.69, 9.17) is 4.74 Å². The fourth-order valence-corrected chi connectivity index (χ4v) is 4.02. The number of fused-ring (bicyclic) bond motifs is 1. The minimum atomic E-state index is -5.38. The van der Waals surface area contributed by atoms with Gasteiger partial charge in [-0.3, -0.25) is 4.79 Å². The molecule has 8 nitrogen and oxygen atoms in total. The predicted molar refractivity (Wildman–Crippen MR) is 131 cm³/mol. The summed E-state index contributed by atoms with van der Waals surface area (Å²) in [6, 6.07) is 8.83. The number of carbonyl (C=O) groups excluding carboxylic acids is 2. The molecule has 14 heteroatoms. The van der Waals surface area contributed by atoms with Crippen molar-refractivity contribution >= 4 is 28.8 Å². The molecule has 0 spiro atoms. The number of anilines is 1. The Hall–Kier alpha value is -4.49. The van der Waals surface area contributed by atoms with E-state index >= 15 is 0 Å². The number of ether oxygens (including phenoxy) is 2. The number of alkyl halides is 6. The lowest BCUT2D eigenvalue weighted by Crippen LogP contribution is -2.28. The number of carbonyl (C=O) groups is 2. The van der Waals surface area contributed by atoms with Crippen LogP contribution < -0.4 is 10.1 Å². The molecule has 4 aromatic rings. The van der Waals surface area contributed by atoms with Gasteiger partial charge in [-0.15, -0.1) is 0 Å². The Bertz CT molecular complexity index is 1450. The van der Waals surface area contributed by atoms with E-state index in [2.05, 4.69) is 25.0 Å². The van der Waals surface area contributed by atoms with E-state index in [1.54, 1.807) is 30.6 Å². The average molecular weight is 568 g/mol. The van der Waals surface area contributed by atoms with Crippen LogP contribution in [0.1, 0.15) is 35.4 Å². The number of benzene rings is 2. The number of halogens is 6. The zero-order valence-corrected chi connectivity index (χ0v) is 20.5. The summed E-state index contributed by atoms with van der Waals surface area (Å²) in [4.78, 5) is 33.4. The molecule has 212 valence electrons. The van der Waals surface area contributed by atoms with Gasteiger partial charge in [-0.05, 0) is 41.8 Å². The smallest absolute Gasteiger partial charge is 0.491 e. The van der Waals surface area contributed by atoms with Gasteiger partial charge < -0.3 is 24.8 Å². The van der Waals surface area contributed by atoms with E-state index in [1.807, 2.05) is 0 Å². The first-order valence-corrected chi connectivity index (χ1v) is 11.9. The van der Waals surface area contributed by atoms with Crippen LogP contribution in [0.4, 0.5) is 32.3 Å². The van der Waals surface area contributed by atoms with Crippen LogP contribution >= 0.6 is 0 Å². The van der Waals surface area contributed by atoms with E-state index in [9.17, 15) is 35.9 Å². The molecule has 1 unspecified atom stereocenters. The van der Waals surface area contributed by atoms with Gasteiger partial charge in [-0.2, -0.15) is 26.3 Å². The number of aromatic amines is 2. The van der Waals surface area contributed by atoms with Crippen molar-refractivity contribution in [2.75, 3.05) is 18.5 Å². The van der Waals surface area contributed by atoms with Crippen molar-refractivity contribution in [1.82, 2.24) is 15.0 Å². The Morgan fingerprint density at radius 1 is 1.00 bits per heavy atom. The van der Waals surface area contributed by atoms with Crippen molar-refractivity contribution in [1.29, 1.82) is 0 Å². The molecule has 0 bridgehead atoms. The second kappa shape index (κ2) is 11.7. The molecule has 0 aliphatic heterocycles. The number of esters is 2. The first-order chi connectivity index (χ1) is 18.9. The minimum Gasteiger partial charge on any atom is -0.493 e. The van der Waals surface area contributed by atoms with E-state index in [0.29, 0.717) is 47.7 Å². The van der Waals surface area contributed by atoms with E-state index in [-0.39, 0.29) is 5.56 Å². The largest absolute Gasteiger partial charge is 0.493 e. The van der Waals surface area contributed by atoms with Crippen molar-refractivity contribution in [3.05, 3.63) is 77.7 Å². The molecule has 0 fully saturated rings. The Kier molecular flexibility index (Phi) is 8.35. The molecular weight excluding hydrogens is 546 g/mol. The molecule has 0 amide bonds. The van der Waals surface area contributed by atoms with Gasteiger partial charge in [0.1, 0.15) is 5.75 Å². The highest BCUT2D eigenvalue weighted by atomic mass is 19.4. The predicted octanol–water partition coefficient (Wildman–Crippen LogP) is 5.94. The summed E-state index contributed by atoms with van der Waals surface area (Å²) in [5.74, 6) is -4.04. The topological polar surface area (TPSA) is 109 Å². The third-order valence-electron chi connectivity index (χ3n) is 5.89. The van der Waals surface area contributed by atoms with Crippen LogP contribution in [-0.4, -0.2) is 46.2 Å². The summed E-state index contributed by atoms with van der Waals surface area (Å²) in [6.45, 7) is 0.976. The quantitative estimate of drug-likeness (QED) is 0.0945. The molecule has 4 rings (SSSR count). The van der Waals surface area contributed by atoms with Gasteiger partial charge in [0.25, 0.3) is 0 Å². The maximum absolute atomic E-state index is 13.1. The fraction of sp³-hybridized carbons (Fsp3) is 0.269. The lowest BCUT2D eigenvalue weighted by atomic mass is 9.88. The molecule has 0 aliphatic rings. The molecule has 2 aromatic heterocycles. The monoisotopic (exact) mass is 568 g/mol. The number of nitrogens with one attached hydrogen (secondary N) is 3. The summed E-state index contributed by atoms with van der Waals surface area (Å²) in [7, 11) is 0.